The third-order valence-electron chi connectivity index (χ3n) is 4.07. The second kappa shape index (κ2) is 6.79. The van der Waals surface area contributed by atoms with Gasteiger partial charge in [0.05, 0.1) is 6.10 Å². The van der Waals surface area contributed by atoms with Crippen molar-refractivity contribution < 1.29 is 14.3 Å². The van der Waals surface area contributed by atoms with E-state index in [4.69, 9.17) is 0 Å². The van der Waals surface area contributed by atoms with Gasteiger partial charge in [-0.05, 0) is 47.7 Å². The molecule has 0 aliphatic heterocycles. The van der Waals surface area contributed by atoms with Gasteiger partial charge in [-0.15, -0.1) is 0 Å². The van der Waals surface area contributed by atoms with Gasteiger partial charge < -0.3 is 15.7 Å². The number of anilines is 1. The molecule has 1 atom stereocenters. The van der Waals surface area contributed by atoms with E-state index in [1.54, 1.807) is 12.1 Å². The van der Waals surface area contributed by atoms with Crippen molar-refractivity contribution in [3.63, 3.8) is 0 Å². The molecule has 23 heavy (non-hydrogen) atoms. The first-order valence-electron chi connectivity index (χ1n) is 7.70. The topological polar surface area (TPSA) is 61.4 Å². The molecule has 0 bridgehead atoms. The summed E-state index contributed by atoms with van der Waals surface area (Å²) in [6.07, 6.45) is 1.79. The van der Waals surface area contributed by atoms with Gasteiger partial charge >= 0.3 is 6.03 Å². The highest BCUT2D eigenvalue weighted by Crippen LogP contribution is 2.28. The number of fused-ring (bicyclic) bond motifs is 1. The van der Waals surface area contributed by atoms with E-state index >= 15 is 0 Å². The molecule has 3 N–H and O–H groups in total. The molecule has 0 saturated heterocycles. The second-order valence-electron chi connectivity index (χ2n) is 5.77. The molecule has 2 amide bonds. The first-order valence-corrected chi connectivity index (χ1v) is 7.70. The van der Waals surface area contributed by atoms with Crippen molar-refractivity contribution in [1.82, 2.24) is 5.32 Å². The van der Waals surface area contributed by atoms with Crippen LogP contribution in [0.5, 0.6) is 0 Å². The lowest BCUT2D eigenvalue weighted by Crippen LogP contribution is -2.29. The zero-order valence-corrected chi connectivity index (χ0v) is 12.7. The normalized spacial score (nSPS) is 16.5. The van der Waals surface area contributed by atoms with Crippen molar-refractivity contribution in [3.8, 4) is 0 Å². The third-order valence-corrected chi connectivity index (χ3v) is 4.07. The predicted octanol–water partition coefficient (Wildman–Crippen LogP) is 3.00. The van der Waals surface area contributed by atoms with Gasteiger partial charge in [0.1, 0.15) is 5.82 Å². The molecular formula is C18H19FN2O2. The lowest BCUT2D eigenvalue weighted by molar-refractivity contribution is 0.159. The maximum Gasteiger partial charge on any atom is 0.319 e. The Kier molecular flexibility index (Phi) is 4.57. The van der Waals surface area contributed by atoms with Crippen LogP contribution in [-0.4, -0.2) is 17.2 Å². The van der Waals surface area contributed by atoms with Gasteiger partial charge in [0.15, 0.2) is 0 Å². The minimum atomic E-state index is -0.354. The highest BCUT2D eigenvalue weighted by Gasteiger charge is 2.19. The maximum atomic E-state index is 12.8. The number of hydrogen-bond donors (Lipinski definition) is 3. The van der Waals surface area contributed by atoms with Gasteiger partial charge in [0.2, 0.25) is 0 Å². The van der Waals surface area contributed by atoms with Gasteiger partial charge in [-0.25, -0.2) is 9.18 Å². The summed E-state index contributed by atoms with van der Waals surface area (Å²) in [6.45, 7) is 0.323. The molecule has 0 radical (unpaired) electrons. The van der Waals surface area contributed by atoms with Gasteiger partial charge in [-0.1, -0.05) is 24.3 Å². The van der Waals surface area contributed by atoms with Crippen LogP contribution in [0.3, 0.4) is 0 Å². The van der Waals surface area contributed by atoms with Crippen molar-refractivity contribution in [2.45, 2.75) is 31.9 Å². The highest BCUT2D eigenvalue weighted by molar-refractivity contribution is 5.90. The lowest BCUT2D eigenvalue weighted by atomic mass is 9.88. The number of nitrogens with one attached hydrogen (secondary N) is 2. The van der Waals surface area contributed by atoms with E-state index in [0.717, 1.165) is 29.7 Å². The Balaban J connectivity index is 1.63. The number of rotatable bonds is 3. The van der Waals surface area contributed by atoms with Gasteiger partial charge in [0, 0.05) is 18.7 Å². The molecule has 0 fully saturated rings. The molecule has 0 aromatic heterocycles. The number of halogens is 1. The Morgan fingerprint density at radius 2 is 2.00 bits per heavy atom. The Hall–Kier alpha value is -2.40. The van der Waals surface area contributed by atoms with E-state index < -0.39 is 0 Å². The number of hydrogen-bond acceptors (Lipinski definition) is 2. The zero-order valence-electron chi connectivity index (χ0n) is 12.7. The van der Waals surface area contributed by atoms with Crippen molar-refractivity contribution in [3.05, 3.63) is 65.0 Å². The zero-order chi connectivity index (χ0) is 16.2. The monoisotopic (exact) mass is 314 g/mol. The average Bonchev–Trinajstić information content (AvgIpc) is 2.55. The summed E-state index contributed by atoms with van der Waals surface area (Å²) in [4.78, 5) is 12.1. The second-order valence-corrected chi connectivity index (χ2v) is 5.77. The van der Waals surface area contributed by atoms with E-state index in [1.165, 1.54) is 17.7 Å². The van der Waals surface area contributed by atoms with Crippen molar-refractivity contribution >= 4 is 11.7 Å². The Morgan fingerprint density at radius 3 is 2.78 bits per heavy atom. The first kappa shape index (κ1) is 15.5. The van der Waals surface area contributed by atoms with E-state index in [1.807, 2.05) is 18.2 Å². The predicted molar refractivity (Wildman–Crippen MR) is 86.7 cm³/mol. The molecule has 1 aliphatic carbocycles. The molecule has 5 heteroatoms. The molecule has 2 aromatic carbocycles. The molecule has 1 aliphatic rings. The molecule has 0 saturated carbocycles. The number of aryl methyl sites for hydroxylation is 1. The smallest absolute Gasteiger partial charge is 0.319 e. The summed E-state index contributed by atoms with van der Waals surface area (Å²) < 4.78 is 12.8. The van der Waals surface area contributed by atoms with Crippen LogP contribution in [0.2, 0.25) is 0 Å². The van der Waals surface area contributed by atoms with E-state index in [0.29, 0.717) is 13.0 Å². The van der Waals surface area contributed by atoms with Crippen LogP contribution in [0.25, 0.3) is 0 Å². The number of aliphatic hydroxyl groups excluding tert-OH is 1. The number of carbonyl (C=O) groups is 1. The first-order chi connectivity index (χ1) is 11.1. The Bertz CT molecular complexity index is 701. The Morgan fingerprint density at radius 1 is 1.22 bits per heavy atom. The number of urea groups is 1. The Labute approximate surface area is 134 Å². The summed E-state index contributed by atoms with van der Waals surface area (Å²) >= 11 is 0. The molecule has 0 heterocycles. The standard InChI is InChI=1S/C18H19FN2O2/c19-14-7-4-12(5-8-14)11-20-18(23)21-17-3-1-2-13-6-9-15(22)10-16(13)17/h1-5,7-8,15,22H,6,9-11H2,(H2,20,21,23). The van der Waals surface area contributed by atoms with Crippen LogP contribution in [0, 0.1) is 5.82 Å². The van der Waals surface area contributed by atoms with Crippen molar-refractivity contribution in [2.24, 2.45) is 0 Å². The fourth-order valence-electron chi connectivity index (χ4n) is 2.84. The maximum absolute atomic E-state index is 12.8. The molecule has 1 unspecified atom stereocenters. The van der Waals surface area contributed by atoms with Gasteiger partial charge in [0.25, 0.3) is 0 Å². The summed E-state index contributed by atoms with van der Waals surface area (Å²) in [5.74, 6) is -0.298. The summed E-state index contributed by atoms with van der Waals surface area (Å²) in [6, 6.07) is 11.5. The number of carbonyl (C=O) groups excluding carboxylic acids is 1. The largest absolute Gasteiger partial charge is 0.393 e. The van der Waals surface area contributed by atoms with E-state index in [9.17, 15) is 14.3 Å². The molecule has 0 spiro atoms. The lowest BCUT2D eigenvalue weighted by Gasteiger charge is -2.23. The highest BCUT2D eigenvalue weighted by atomic mass is 19.1. The number of aliphatic hydroxyl groups is 1. The van der Waals surface area contributed by atoms with Crippen LogP contribution < -0.4 is 10.6 Å². The number of benzene rings is 2. The quantitative estimate of drug-likeness (QED) is 0.815. The van der Waals surface area contributed by atoms with Crippen LogP contribution in [-0.2, 0) is 19.4 Å². The SMILES string of the molecule is O=C(NCc1ccc(F)cc1)Nc1cccc2c1CC(O)CC2. The summed E-state index contributed by atoms with van der Waals surface area (Å²) in [5, 5.41) is 15.4. The summed E-state index contributed by atoms with van der Waals surface area (Å²) in [7, 11) is 0. The molecule has 3 rings (SSSR count). The minimum Gasteiger partial charge on any atom is -0.393 e. The minimum absolute atomic E-state index is 0.298. The molecular weight excluding hydrogens is 295 g/mol. The van der Waals surface area contributed by atoms with Gasteiger partial charge in [-0.2, -0.15) is 0 Å². The van der Waals surface area contributed by atoms with E-state index in [2.05, 4.69) is 10.6 Å². The summed E-state index contributed by atoms with van der Waals surface area (Å²) in [5.41, 5.74) is 3.74. The third kappa shape index (κ3) is 3.87. The van der Waals surface area contributed by atoms with Crippen LogP contribution in [0.15, 0.2) is 42.5 Å². The van der Waals surface area contributed by atoms with Gasteiger partial charge in [-0.3, -0.25) is 0 Å². The molecule has 4 nitrogen and oxygen atoms in total. The van der Waals surface area contributed by atoms with Crippen molar-refractivity contribution in [1.29, 1.82) is 0 Å². The van der Waals surface area contributed by atoms with Crippen molar-refractivity contribution in [2.75, 3.05) is 5.32 Å². The van der Waals surface area contributed by atoms with Crippen LogP contribution in [0.4, 0.5) is 14.9 Å². The fraction of sp³-hybridized carbons (Fsp3) is 0.278. The van der Waals surface area contributed by atoms with E-state index in [-0.39, 0.29) is 18.0 Å². The fourth-order valence-corrected chi connectivity index (χ4v) is 2.84. The molecule has 2 aromatic rings. The number of amides is 2. The molecule has 120 valence electrons. The van der Waals surface area contributed by atoms with Crippen LogP contribution in [0.1, 0.15) is 23.1 Å². The van der Waals surface area contributed by atoms with Crippen LogP contribution >= 0.6 is 0 Å². The average molecular weight is 314 g/mol.